The lowest BCUT2D eigenvalue weighted by Crippen LogP contribution is -2.51. The minimum atomic E-state index is -0.979. The molecule has 0 spiro atoms. The Morgan fingerprint density at radius 2 is 2.00 bits per heavy atom. The van der Waals surface area contributed by atoms with E-state index in [1.807, 2.05) is 36.9 Å². The molecule has 7 nitrogen and oxygen atoms in total. The standard InChI is InChI=1S/C23H30N4O3/c1-15-9-24-7-6-18(15)12-25(3)13-19-4-5-21-20-8-17(11-27(21)23(19)30)10-26(14-20)22(29)16(2)28/h4-7,9,16-17,20,28H,8,10-14H2,1-3H3/t16-,17+,20-/m1/s1. The second-order valence-electron chi connectivity index (χ2n) is 8.89. The number of nitrogens with zero attached hydrogens (tertiary/aromatic N) is 4. The summed E-state index contributed by atoms with van der Waals surface area (Å²) in [6, 6.07) is 6.02. The van der Waals surface area contributed by atoms with Crippen molar-refractivity contribution in [1.29, 1.82) is 0 Å². The molecule has 1 fully saturated rings. The van der Waals surface area contributed by atoms with Gasteiger partial charge in [-0.2, -0.15) is 0 Å². The van der Waals surface area contributed by atoms with E-state index in [1.54, 1.807) is 11.1 Å². The number of piperidine rings is 1. The highest BCUT2D eigenvalue weighted by molar-refractivity contribution is 5.80. The zero-order valence-corrected chi connectivity index (χ0v) is 17.9. The Labute approximate surface area is 177 Å². The number of hydrogen-bond acceptors (Lipinski definition) is 5. The van der Waals surface area contributed by atoms with E-state index >= 15 is 0 Å². The molecule has 1 amide bonds. The first-order valence-corrected chi connectivity index (χ1v) is 10.6. The number of aliphatic hydroxyl groups excluding tert-OH is 1. The number of carbonyl (C=O) groups is 1. The highest BCUT2D eigenvalue weighted by Crippen LogP contribution is 2.35. The molecule has 2 bridgehead atoms. The van der Waals surface area contributed by atoms with Crippen molar-refractivity contribution in [2.75, 3.05) is 20.1 Å². The van der Waals surface area contributed by atoms with Crippen LogP contribution < -0.4 is 5.56 Å². The van der Waals surface area contributed by atoms with Gasteiger partial charge in [0.25, 0.3) is 11.5 Å². The second-order valence-corrected chi connectivity index (χ2v) is 8.89. The van der Waals surface area contributed by atoms with Gasteiger partial charge in [-0.15, -0.1) is 0 Å². The normalized spacial score (nSPS) is 21.4. The Bertz CT molecular complexity index is 1000. The summed E-state index contributed by atoms with van der Waals surface area (Å²) < 4.78 is 1.92. The molecule has 0 unspecified atom stereocenters. The first-order chi connectivity index (χ1) is 14.3. The highest BCUT2D eigenvalue weighted by Gasteiger charge is 2.37. The average molecular weight is 411 g/mol. The van der Waals surface area contributed by atoms with Crippen LogP contribution in [-0.4, -0.2) is 56.6 Å². The van der Waals surface area contributed by atoms with Crippen LogP contribution in [0, 0.1) is 12.8 Å². The van der Waals surface area contributed by atoms with E-state index in [4.69, 9.17) is 0 Å². The summed E-state index contributed by atoms with van der Waals surface area (Å²) in [5.41, 5.74) is 4.25. The van der Waals surface area contributed by atoms with Gasteiger partial charge in [0.05, 0.1) is 0 Å². The number of carbonyl (C=O) groups excluding carboxylic acids is 1. The number of aryl methyl sites for hydroxylation is 1. The summed E-state index contributed by atoms with van der Waals surface area (Å²) in [6.45, 7) is 6.73. The molecule has 1 N–H and O–H groups in total. The van der Waals surface area contributed by atoms with Gasteiger partial charge in [0.1, 0.15) is 6.10 Å². The van der Waals surface area contributed by atoms with Crippen molar-refractivity contribution in [3.8, 4) is 0 Å². The fourth-order valence-electron chi connectivity index (χ4n) is 4.87. The summed E-state index contributed by atoms with van der Waals surface area (Å²) in [4.78, 5) is 33.5. The molecule has 0 radical (unpaired) electrons. The third kappa shape index (κ3) is 4.04. The van der Waals surface area contributed by atoms with Crippen LogP contribution in [0.4, 0.5) is 0 Å². The zero-order chi connectivity index (χ0) is 21.4. The van der Waals surface area contributed by atoms with Gasteiger partial charge in [0, 0.05) is 62.3 Å². The quantitative estimate of drug-likeness (QED) is 0.808. The topological polar surface area (TPSA) is 78.7 Å². The second kappa shape index (κ2) is 8.32. The number of aliphatic hydroxyl groups is 1. The van der Waals surface area contributed by atoms with Crippen molar-refractivity contribution in [3.63, 3.8) is 0 Å². The molecule has 7 heteroatoms. The van der Waals surface area contributed by atoms with Crippen molar-refractivity contribution in [1.82, 2.24) is 19.4 Å². The fraction of sp³-hybridized carbons (Fsp3) is 0.522. The summed E-state index contributed by atoms with van der Waals surface area (Å²) in [6.07, 6.45) is 3.67. The Hall–Kier alpha value is -2.51. The van der Waals surface area contributed by atoms with Crippen LogP contribution in [0.3, 0.4) is 0 Å². The first kappa shape index (κ1) is 20.8. The number of aromatic nitrogens is 2. The molecular formula is C23H30N4O3. The van der Waals surface area contributed by atoms with E-state index in [0.29, 0.717) is 26.2 Å². The summed E-state index contributed by atoms with van der Waals surface area (Å²) in [5.74, 6) is 0.188. The van der Waals surface area contributed by atoms with Gasteiger partial charge in [-0.25, -0.2) is 0 Å². The lowest BCUT2D eigenvalue weighted by Gasteiger charge is -2.43. The molecule has 0 aliphatic carbocycles. The molecule has 1 saturated heterocycles. The SMILES string of the molecule is Cc1cnccc1CN(C)Cc1ccc2n(c1=O)C[C@H]1C[C@@H]2CN(C(=O)[C@@H](C)O)C1. The zero-order valence-electron chi connectivity index (χ0n) is 17.9. The summed E-state index contributed by atoms with van der Waals surface area (Å²) in [5, 5.41) is 9.66. The monoisotopic (exact) mass is 410 g/mol. The molecule has 2 aromatic rings. The molecule has 160 valence electrons. The van der Waals surface area contributed by atoms with Crippen molar-refractivity contribution >= 4 is 5.91 Å². The largest absolute Gasteiger partial charge is 0.384 e. The maximum absolute atomic E-state index is 13.2. The first-order valence-electron chi connectivity index (χ1n) is 10.6. The minimum Gasteiger partial charge on any atom is -0.384 e. The maximum atomic E-state index is 13.2. The Balaban J connectivity index is 1.52. The van der Waals surface area contributed by atoms with Crippen molar-refractivity contribution < 1.29 is 9.90 Å². The Kier molecular flexibility index (Phi) is 5.75. The van der Waals surface area contributed by atoms with Gasteiger partial charge in [-0.05, 0) is 56.5 Å². The van der Waals surface area contributed by atoms with Crippen LogP contribution in [0.2, 0.25) is 0 Å². The maximum Gasteiger partial charge on any atom is 0.255 e. The van der Waals surface area contributed by atoms with Gasteiger partial charge < -0.3 is 14.6 Å². The van der Waals surface area contributed by atoms with Crippen LogP contribution in [0.25, 0.3) is 0 Å². The molecule has 4 heterocycles. The molecule has 0 saturated carbocycles. The van der Waals surface area contributed by atoms with E-state index in [9.17, 15) is 14.7 Å². The van der Waals surface area contributed by atoms with Crippen molar-refractivity contribution in [2.45, 2.75) is 51.9 Å². The van der Waals surface area contributed by atoms with Crippen molar-refractivity contribution in [2.24, 2.45) is 5.92 Å². The predicted molar refractivity (Wildman–Crippen MR) is 114 cm³/mol. The summed E-state index contributed by atoms with van der Waals surface area (Å²) in [7, 11) is 2.03. The molecule has 4 rings (SSSR count). The fourth-order valence-corrected chi connectivity index (χ4v) is 4.87. The van der Waals surface area contributed by atoms with E-state index in [0.717, 1.165) is 29.8 Å². The Morgan fingerprint density at radius 3 is 2.73 bits per heavy atom. The number of amides is 1. The number of fused-ring (bicyclic) bond motifs is 4. The predicted octanol–water partition coefficient (Wildman–Crippen LogP) is 1.51. The number of hydrogen-bond donors (Lipinski definition) is 1. The molecule has 2 aliphatic heterocycles. The Morgan fingerprint density at radius 1 is 1.23 bits per heavy atom. The number of rotatable bonds is 5. The van der Waals surface area contributed by atoms with Crippen LogP contribution in [-0.2, 0) is 24.4 Å². The minimum absolute atomic E-state index is 0.0794. The lowest BCUT2D eigenvalue weighted by molar-refractivity contribution is -0.142. The van der Waals surface area contributed by atoms with Crippen LogP contribution >= 0.6 is 0 Å². The van der Waals surface area contributed by atoms with Crippen molar-refractivity contribution in [3.05, 3.63) is 63.3 Å². The van der Waals surface area contributed by atoms with Gasteiger partial charge in [0.15, 0.2) is 0 Å². The van der Waals surface area contributed by atoms with E-state index in [-0.39, 0.29) is 23.3 Å². The molecule has 0 aromatic carbocycles. The molecule has 3 atom stereocenters. The van der Waals surface area contributed by atoms with Gasteiger partial charge in [-0.3, -0.25) is 19.5 Å². The summed E-state index contributed by atoms with van der Waals surface area (Å²) >= 11 is 0. The third-order valence-electron chi connectivity index (χ3n) is 6.37. The molecule has 2 aliphatic rings. The highest BCUT2D eigenvalue weighted by atomic mass is 16.3. The number of likely N-dealkylation sites (tertiary alicyclic amines) is 1. The smallest absolute Gasteiger partial charge is 0.255 e. The van der Waals surface area contributed by atoms with Crippen LogP contribution in [0.5, 0.6) is 0 Å². The molecule has 30 heavy (non-hydrogen) atoms. The average Bonchev–Trinajstić information content (AvgIpc) is 2.71. The van der Waals surface area contributed by atoms with E-state index in [2.05, 4.69) is 16.0 Å². The molecular weight excluding hydrogens is 380 g/mol. The third-order valence-corrected chi connectivity index (χ3v) is 6.37. The lowest BCUT2D eigenvalue weighted by atomic mass is 9.82. The van der Waals surface area contributed by atoms with Gasteiger partial charge >= 0.3 is 0 Å². The van der Waals surface area contributed by atoms with E-state index in [1.165, 1.54) is 12.5 Å². The van der Waals surface area contributed by atoms with Gasteiger partial charge in [-0.1, -0.05) is 6.07 Å². The van der Waals surface area contributed by atoms with E-state index < -0.39 is 6.10 Å². The number of pyridine rings is 2. The molecule has 2 aromatic heterocycles. The van der Waals surface area contributed by atoms with Crippen LogP contribution in [0.15, 0.2) is 35.4 Å². The van der Waals surface area contributed by atoms with Crippen LogP contribution in [0.1, 0.15) is 41.6 Å². The van der Waals surface area contributed by atoms with Gasteiger partial charge in [0.2, 0.25) is 0 Å².